The van der Waals surface area contributed by atoms with Gasteiger partial charge < -0.3 is 15.6 Å². The first-order valence-electron chi connectivity index (χ1n) is 5.61. The number of aryl methyl sites for hydroxylation is 1. The molecule has 2 aromatic rings. The lowest BCUT2D eigenvalue weighted by Crippen LogP contribution is -2.18. The molecule has 0 atom stereocenters. The van der Waals surface area contributed by atoms with Crippen molar-refractivity contribution in [2.24, 2.45) is 7.05 Å². The van der Waals surface area contributed by atoms with E-state index in [2.05, 4.69) is 5.32 Å². The Morgan fingerprint density at radius 3 is 2.65 bits per heavy atom. The van der Waals surface area contributed by atoms with Crippen LogP contribution in [-0.2, 0) is 7.05 Å². The van der Waals surface area contributed by atoms with Gasteiger partial charge in [0.25, 0.3) is 5.91 Å². The Bertz CT molecular complexity index is 741. The van der Waals surface area contributed by atoms with E-state index in [4.69, 9.17) is 28.9 Å². The molecular weight excluding hydrogens is 301 g/mol. The summed E-state index contributed by atoms with van der Waals surface area (Å²) in [5, 5.41) is 2.96. The van der Waals surface area contributed by atoms with Gasteiger partial charge in [-0.3, -0.25) is 9.59 Å². The molecule has 0 spiro atoms. The van der Waals surface area contributed by atoms with E-state index in [0.717, 1.165) is 0 Å². The normalized spacial score (nSPS) is 10.3. The fraction of sp³-hybridized carbons (Fsp3) is 0.0769. The molecule has 2 rings (SSSR count). The van der Waals surface area contributed by atoms with Gasteiger partial charge in [0, 0.05) is 25.0 Å². The van der Waals surface area contributed by atoms with Gasteiger partial charge in [-0.15, -0.1) is 0 Å². The topological polar surface area (TPSA) is 77.1 Å². The Morgan fingerprint density at radius 1 is 1.30 bits per heavy atom. The summed E-state index contributed by atoms with van der Waals surface area (Å²) in [5.74, 6) is -0.456. The molecule has 0 saturated heterocycles. The molecule has 3 N–H and O–H groups in total. The average Bonchev–Trinajstić information content (AvgIpc) is 2.38. The molecule has 7 heteroatoms. The van der Waals surface area contributed by atoms with Crippen molar-refractivity contribution in [1.29, 1.82) is 0 Å². The predicted octanol–water partition coefficient (Wildman–Crippen LogP) is 2.53. The molecule has 1 aromatic carbocycles. The zero-order valence-corrected chi connectivity index (χ0v) is 12.0. The highest BCUT2D eigenvalue weighted by Gasteiger charge is 2.14. The molecule has 1 aromatic heterocycles. The van der Waals surface area contributed by atoms with Crippen LogP contribution < -0.4 is 16.6 Å². The lowest BCUT2D eigenvalue weighted by Gasteiger charge is -2.09. The summed E-state index contributed by atoms with van der Waals surface area (Å²) in [6, 6.07) is 5.75. The molecule has 0 fully saturated rings. The minimum atomic E-state index is -0.456. The van der Waals surface area contributed by atoms with Crippen LogP contribution >= 0.6 is 23.2 Å². The minimum Gasteiger partial charge on any atom is -0.399 e. The SMILES string of the molecule is Cn1cc(NC(=O)c2cc(N)cc(Cl)c2Cl)ccc1=O. The van der Waals surface area contributed by atoms with E-state index in [-0.39, 0.29) is 21.2 Å². The van der Waals surface area contributed by atoms with E-state index in [1.54, 1.807) is 7.05 Å². The van der Waals surface area contributed by atoms with Crippen molar-refractivity contribution in [3.05, 3.63) is 56.4 Å². The monoisotopic (exact) mass is 311 g/mol. The third-order valence-electron chi connectivity index (χ3n) is 2.64. The number of amides is 1. The van der Waals surface area contributed by atoms with Crippen LogP contribution in [0.1, 0.15) is 10.4 Å². The number of aromatic nitrogens is 1. The van der Waals surface area contributed by atoms with E-state index in [9.17, 15) is 9.59 Å². The van der Waals surface area contributed by atoms with Gasteiger partial charge in [-0.1, -0.05) is 23.2 Å². The summed E-state index contributed by atoms with van der Waals surface area (Å²) in [7, 11) is 1.59. The van der Waals surface area contributed by atoms with Gasteiger partial charge in [-0.2, -0.15) is 0 Å². The van der Waals surface area contributed by atoms with Crippen molar-refractivity contribution in [3.63, 3.8) is 0 Å². The summed E-state index contributed by atoms with van der Waals surface area (Å²) in [6.07, 6.45) is 1.50. The third-order valence-corrected chi connectivity index (χ3v) is 3.44. The maximum absolute atomic E-state index is 12.1. The quantitative estimate of drug-likeness (QED) is 0.837. The van der Waals surface area contributed by atoms with Crippen LogP contribution in [0.25, 0.3) is 0 Å². The number of anilines is 2. The van der Waals surface area contributed by atoms with Crippen molar-refractivity contribution in [1.82, 2.24) is 4.57 Å². The number of carbonyl (C=O) groups excluding carboxylic acids is 1. The number of hydrogen-bond donors (Lipinski definition) is 2. The Hall–Kier alpha value is -1.98. The second-order valence-electron chi connectivity index (χ2n) is 4.19. The highest BCUT2D eigenvalue weighted by atomic mass is 35.5. The van der Waals surface area contributed by atoms with E-state index >= 15 is 0 Å². The molecule has 0 bridgehead atoms. The van der Waals surface area contributed by atoms with Crippen LogP contribution in [-0.4, -0.2) is 10.5 Å². The van der Waals surface area contributed by atoms with Crippen molar-refractivity contribution in [2.45, 2.75) is 0 Å². The Balaban J connectivity index is 2.33. The number of benzene rings is 1. The van der Waals surface area contributed by atoms with Gasteiger partial charge in [0.15, 0.2) is 0 Å². The zero-order valence-electron chi connectivity index (χ0n) is 10.5. The number of hydrogen-bond acceptors (Lipinski definition) is 3. The van der Waals surface area contributed by atoms with Crippen LogP contribution in [0.4, 0.5) is 11.4 Å². The van der Waals surface area contributed by atoms with Gasteiger partial charge in [-0.05, 0) is 18.2 Å². The first-order chi connectivity index (χ1) is 9.38. The summed E-state index contributed by atoms with van der Waals surface area (Å²) >= 11 is 11.9. The molecule has 0 aliphatic carbocycles. The van der Waals surface area contributed by atoms with Crippen molar-refractivity contribution in [2.75, 3.05) is 11.1 Å². The first kappa shape index (κ1) is 14.4. The van der Waals surface area contributed by atoms with E-state index in [0.29, 0.717) is 11.4 Å². The van der Waals surface area contributed by atoms with Crippen LogP contribution in [0.2, 0.25) is 10.0 Å². The largest absolute Gasteiger partial charge is 0.399 e. The summed E-state index contributed by atoms with van der Waals surface area (Å²) in [5.41, 5.74) is 6.44. The summed E-state index contributed by atoms with van der Waals surface area (Å²) in [4.78, 5) is 23.4. The number of halogens is 2. The average molecular weight is 312 g/mol. The first-order valence-corrected chi connectivity index (χ1v) is 6.36. The number of carbonyl (C=O) groups is 1. The molecule has 20 heavy (non-hydrogen) atoms. The van der Waals surface area contributed by atoms with Crippen molar-refractivity contribution >= 4 is 40.5 Å². The Kier molecular flexibility index (Phi) is 4.01. The predicted molar refractivity (Wildman–Crippen MR) is 80.5 cm³/mol. The van der Waals surface area contributed by atoms with Gasteiger partial charge in [0.1, 0.15) is 0 Å². The third kappa shape index (κ3) is 2.95. The maximum atomic E-state index is 12.1. The van der Waals surface area contributed by atoms with Gasteiger partial charge in [-0.25, -0.2) is 0 Å². The second kappa shape index (κ2) is 5.56. The summed E-state index contributed by atoms with van der Waals surface area (Å²) in [6.45, 7) is 0. The maximum Gasteiger partial charge on any atom is 0.257 e. The van der Waals surface area contributed by atoms with E-state index in [1.165, 1.54) is 35.0 Å². The molecule has 0 aliphatic rings. The molecule has 5 nitrogen and oxygen atoms in total. The van der Waals surface area contributed by atoms with Crippen LogP contribution in [0.15, 0.2) is 35.3 Å². The molecular formula is C13H11Cl2N3O2. The number of nitrogens with one attached hydrogen (secondary N) is 1. The van der Waals surface area contributed by atoms with E-state index < -0.39 is 5.91 Å². The molecule has 0 unspecified atom stereocenters. The minimum absolute atomic E-state index is 0.128. The molecule has 1 amide bonds. The fourth-order valence-electron chi connectivity index (χ4n) is 1.64. The lowest BCUT2D eigenvalue weighted by molar-refractivity contribution is 0.102. The van der Waals surface area contributed by atoms with Gasteiger partial charge in [0.2, 0.25) is 5.56 Å². The molecule has 104 valence electrons. The number of nitrogen functional groups attached to an aromatic ring is 1. The van der Waals surface area contributed by atoms with Crippen LogP contribution in [0.3, 0.4) is 0 Å². The molecule has 1 heterocycles. The Labute approximate surface area is 124 Å². The zero-order chi connectivity index (χ0) is 14.9. The van der Waals surface area contributed by atoms with Gasteiger partial charge >= 0.3 is 0 Å². The van der Waals surface area contributed by atoms with Crippen molar-refractivity contribution < 1.29 is 4.79 Å². The molecule has 0 radical (unpaired) electrons. The van der Waals surface area contributed by atoms with Gasteiger partial charge in [0.05, 0.1) is 21.3 Å². The van der Waals surface area contributed by atoms with Crippen LogP contribution in [0.5, 0.6) is 0 Å². The second-order valence-corrected chi connectivity index (χ2v) is 4.97. The van der Waals surface area contributed by atoms with Crippen molar-refractivity contribution in [3.8, 4) is 0 Å². The fourth-order valence-corrected chi connectivity index (χ4v) is 2.06. The highest BCUT2D eigenvalue weighted by molar-refractivity contribution is 6.44. The standard InChI is InChI=1S/C13H11Cl2N3O2/c1-18-6-8(2-3-11(18)19)17-13(20)9-4-7(16)5-10(14)12(9)15/h2-6H,16H2,1H3,(H,17,20). The van der Waals surface area contributed by atoms with Crippen LogP contribution in [0, 0.1) is 0 Å². The molecule has 0 saturated carbocycles. The Morgan fingerprint density at radius 2 is 2.00 bits per heavy atom. The lowest BCUT2D eigenvalue weighted by atomic mass is 10.2. The van der Waals surface area contributed by atoms with E-state index in [1.807, 2.05) is 0 Å². The number of nitrogens with two attached hydrogens (primary N) is 1. The number of pyridine rings is 1. The smallest absolute Gasteiger partial charge is 0.257 e. The summed E-state index contributed by atoms with van der Waals surface area (Å²) < 4.78 is 1.35. The number of rotatable bonds is 2. The molecule has 0 aliphatic heterocycles. The highest BCUT2D eigenvalue weighted by Crippen LogP contribution is 2.29. The number of nitrogens with zero attached hydrogens (tertiary/aromatic N) is 1.